The fourth-order valence-corrected chi connectivity index (χ4v) is 2.13. The molecule has 3 nitrogen and oxygen atoms in total. The first-order valence-corrected chi connectivity index (χ1v) is 6.24. The molecule has 0 aliphatic carbocycles. The van der Waals surface area contributed by atoms with E-state index in [9.17, 15) is 4.79 Å². The number of carboxylic acid groups (broad SMARTS) is 1. The Balaban J connectivity index is 3.05. The molecule has 0 aliphatic rings. The van der Waals surface area contributed by atoms with Crippen molar-refractivity contribution < 1.29 is 9.90 Å². The second-order valence-corrected chi connectivity index (χ2v) is 4.59. The summed E-state index contributed by atoms with van der Waals surface area (Å²) in [5, 5.41) is 12.8. The summed E-state index contributed by atoms with van der Waals surface area (Å²) in [5.41, 5.74) is 0.696. The standard InChI is InChI=1S/C12H15Cl2NO2/c1-3-8(4-2)15-11-9(13)5-7(12(16)17)6-10(11)14/h5-6,8,15H,3-4H2,1-2H3,(H,16,17). The SMILES string of the molecule is CCC(CC)Nc1c(Cl)cc(C(=O)O)cc1Cl. The fourth-order valence-electron chi connectivity index (χ4n) is 1.53. The van der Waals surface area contributed by atoms with E-state index >= 15 is 0 Å². The van der Waals surface area contributed by atoms with Crippen LogP contribution in [0.5, 0.6) is 0 Å². The van der Waals surface area contributed by atoms with Gasteiger partial charge in [0.05, 0.1) is 21.3 Å². The molecule has 94 valence electrons. The zero-order valence-corrected chi connectivity index (χ0v) is 11.3. The minimum atomic E-state index is -1.04. The Morgan fingerprint density at radius 1 is 1.29 bits per heavy atom. The summed E-state index contributed by atoms with van der Waals surface area (Å²) in [5.74, 6) is -1.04. The van der Waals surface area contributed by atoms with Crippen LogP contribution in [0.3, 0.4) is 0 Å². The van der Waals surface area contributed by atoms with Gasteiger partial charge in [0.25, 0.3) is 0 Å². The van der Waals surface area contributed by atoms with Crippen molar-refractivity contribution in [3.05, 3.63) is 27.7 Å². The quantitative estimate of drug-likeness (QED) is 0.843. The van der Waals surface area contributed by atoms with Crippen LogP contribution in [0.15, 0.2) is 12.1 Å². The molecule has 0 aliphatic heterocycles. The smallest absolute Gasteiger partial charge is 0.335 e. The van der Waals surface area contributed by atoms with Crippen molar-refractivity contribution in [3.63, 3.8) is 0 Å². The molecule has 0 amide bonds. The number of hydrogen-bond donors (Lipinski definition) is 2. The summed E-state index contributed by atoms with van der Waals surface area (Å²) in [6.45, 7) is 4.13. The van der Waals surface area contributed by atoms with Crippen LogP contribution in [-0.4, -0.2) is 17.1 Å². The molecule has 0 fully saturated rings. The van der Waals surface area contributed by atoms with Gasteiger partial charge in [-0.1, -0.05) is 37.0 Å². The van der Waals surface area contributed by atoms with Crippen LogP contribution in [-0.2, 0) is 0 Å². The van der Waals surface area contributed by atoms with Crippen molar-refractivity contribution in [2.24, 2.45) is 0 Å². The Morgan fingerprint density at radius 3 is 2.12 bits per heavy atom. The molecule has 1 aromatic rings. The lowest BCUT2D eigenvalue weighted by Crippen LogP contribution is -2.17. The zero-order chi connectivity index (χ0) is 13.0. The molecule has 0 atom stereocenters. The van der Waals surface area contributed by atoms with Crippen LogP contribution in [0.25, 0.3) is 0 Å². The van der Waals surface area contributed by atoms with Crippen molar-refractivity contribution >= 4 is 34.9 Å². The van der Waals surface area contributed by atoms with Crippen LogP contribution in [0.2, 0.25) is 10.0 Å². The van der Waals surface area contributed by atoms with Gasteiger partial charge < -0.3 is 10.4 Å². The lowest BCUT2D eigenvalue weighted by molar-refractivity contribution is 0.0697. The van der Waals surface area contributed by atoms with E-state index in [1.165, 1.54) is 12.1 Å². The minimum Gasteiger partial charge on any atom is -0.478 e. The zero-order valence-electron chi connectivity index (χ0n) is 9.76. The lowest BCUT2D eigenvalue weighted by atomic mass is 10.1. The minimum absolute atomic E-state index is 0.0927. The largest absolute Gasteiger partial charge is 0.478 e. The van der Waals surface area contributed by atoms with E-state index in [0.29, 0.717) is 15.7 Å². The third-order valence-electron chi connectivity index (χ3n) is 2.62. The van der Waals surface area contributed by atoms with Crippen LogP contribution in [0, 0.1) is 0 Å². The highest BCUT2D eigenvalue weighted by molar-refractivity contribution is 6.39. The lowest BCUT2D eigenvalue weighted by Gasteiger charge is -2.18. The Bertz CT molecular complexity index is 394. The van der Waals surface area contributed by atoms with E-state index in [1.54, 1.807) is 0 Å². The summed E-state index contributed by atoms with van der Waals surface area (Å²) in [7, 11) is 0. The van der Waals surface area contributed by atoms with Gasteiger partial charge in [-0.25, -0.2) is 4.79 Å². The monoisotopic (exact) mass is 275 g/mol. The van der Waals surface area contributed by atoms with E-state index in [0.717, 1.165) is 12.8 Å². The van der Waals surface area contributed by atoms with Crippen LogP contribution in [0.4, 0.5) is 5.69 Å². The van der Waals surface area contributed by atoms with Crippen LogP contribution >= 0.6 is 23.2 Å². The molecule has 0 saturated carbocycles. The molecular formula is C12H15Cl2NO2. The highest BCUT2D eigenvalue weighted by Crippen LogP contribution is 2.33. The molecule has 0 unspecified atom stereocenters. The average Bonchev–Trinajstić information content (AvgIpc) is 2.28. The van der Waals surface area contributed by atoms with Crippen LogP contribution in [0.1, 0.15) is 37.0 Å². The molecule has 5 heteroatoms. The average molecular weight is 276 g/mol. The van der Waals surface area contributed by atoms with Gasteiger partial charge in [0.2, 0.25) is 0 Å². The molecule has 0 spiro atoms. The number of carboxylic acids is 1. The van der Waals surface area contributed by atoms with Gasteiger partial charge in [-0.2, -0.15) is 0 Å². The molecule has 1 rings (SSSR count). The molecule has 2 N–H and O–H groups in total. The van der Waals surface area contributed by atoms with Crippen molar-refractivity contribution in [1.82, 2.24) is 0 Å². The van der Waals surface area contributed by atoms with E-state index in [1.807, 2.05) is 0 Å². The summed E-state index contributed by atoms with van der Waals surface area (Å²) in [6, 6.07) is 3.08. The van der Waals surface area contributed by atoms with Crippen LogP contribution < -0.4 is 5.32 Å². The Morgan fingerprint density at radius 2 is 1.76 bits per heavy atom. The number of anilines is 1. The third kappa shape index (κ3) is 3.51. The second-order valence-electron chi connectivity index (χ2n) is 3.78. The van der Waals surface area contributed by atoms with Gasteiger partial charge in [0.15, 0.2) is 0 Å². The fraction of sp³-hybridized carbons (Fsp3) is 0.417. The van der Waals surface area contributed by atoms with Gasteiger partial charge in [-0.15, -0.1) is 0 Å². The molecule has 0 radical (unpaired) electrons. The molecule has 0 aromatic heterocycles. The maximum atomic E-state index is 10.8. The number of rotatable bonds is 5. The van der Waals surface area contributed by atoms with Gasteiger partial charge in [-0.3, -0.25) is 0 Å². The summed E-state index contributed by atoms with van der Waals surface area (Å²) < 4.78 is 0. The maximum Gasteiger partial charge on any atom is 0.335 e. The van der Waals surface area contributed by atoms with Crippen molar-refractivity contribution in [1.29, 1.82) is 0 Å². The molecular weight excluding hydrogens is 261 g/mol. The highest BCUT2D eigenvalue weighted by Gasteiger charge is 2.14. The Labute approximate surface area is 111 Å². The number of hydrogen-bond acceptors (Lipinski definition) is 2. The van der Waals surface area contributed by atoms with E-state index < -0.39 is 5.97 Å². The molecule has 1 aromatic carbocycles. The molecule has 17 heavy (non-hydrogen) atoms. The highest BCUT2D eigenvalue weighted by atomic mass is 35.5. The van der Waals surface area contributed by atoms with Crippen molar-refractivity contribution in [2.75, 3.05) is 5.32 Å². The molecule has 0 saturated heterocycles. The number of halogens is 2. The van der Waals surface area contributed by atoms with E-state index in [4.69, 9.17) is 28.3 Å². The second kappa shape index (κ2) is 6.12. The summed E-state index contributed by atoms with van der Waals surface area (Å²) in [6.07, 6.45) is 1.90. The van der Waals surface area contributed by atoms with E-state index in [-0.39, 0.29) is 11.6 Å². The Hall–Kier alpha value is -0.930. The first kappa shape index (κ1) is 14.1. The van der Waals surface area contributed by atoms with Gasteiger partial charge >= 0.3 is 5.97 Å². The number of aromatic carboxylic acids is 1. The van der Waals surface area contributed by atoms with Gasteiger partial charge in [-0.05, 0) is 25.0 Å². The predicted molar refractivity (Wildman–Crippen MR) is 71.4 cm³/mol. The maximum absolute atomic E-state index is 10.8. The topological polar surface area (TPSA) is 49.3 Å². The van der Waals surface area contributed by atoms with E-state index in [2.05, 4.69) is 19.2 Å². The summed E-state index contributed by atoms with van der Waals surface area (Å²) >= 11 is 12.1. The number of carbonyl (C=O) groups is 1. The normalized spacial score (nSPS) is 10.6. The van der Waals surface area contributed by atoms with Crippen molar-refractivity contribution in [2.45, 2.75) is 32.7 Å². The molecule has 0 heterocycles. The Kier molecular flexibility index (Phi) is 5.09. The van der Waals surface area contributed by atoms with Gasteiger partial charge in [0.1, 0.15) is 0 Å². The first-order chi connectivity index (χ1) is 7.99. The predicted octanol–water partition coefficient (Wildman–Crippen LogP) is 4.29. The summed E-state index contributed by atoms with van der Waals surface area (Å²) in [4.78, 5) is 10.8. The number of nitrogens with one attached hydrogen (secondary N) is 1. The van der Waals surface area contributed by atoms with Crippen molar-refractivity contribution in [3.8, 4) is 0 Å². The first-order valence-electron chi connectivity index (χ1n) is 5.48. The third-order valence-corrected chi connectivity index (χ3v) is 3.22. The van der Waals surface area contributed by atoms with Gasteiger partial charge in [0, 0.05) is 6.04 Å². The molecule has 0 bridgehead atoms. The number of benzene rings is 1.